The summed E-state index contributed by atoms with van der Waals surface area (Å²) >= 11 is 0. The van der Waals surface area contributed by atoms with E-state index in [1.165, 1.54) is 19.1 Å². The van der Waals surface area contributed by atoms with Gasteiger partial charge in [-0.25, -0.2) is 0 Å². The fourth-order valence-corrected chi connectivity index (χ4v) is 0.876. The minimum Gasteiger partial charge on any atom is -0.462 e. The van der Waals surface area contributed by atoms with Gasteiger partial charge in [0.05, 0.1) is 6.26 Å². The molecule has 1 aromatic rings. The highest BCUT2D eigenvalue weighted by atomic mass is 16.7. The van der Waals surface area contributed by atoms with Gasteiger partial charge in [-0.05, 0) is 32.9 Å². The van der Waals surface area contributed by atoms with Crippen molar-refractivity contribution in [2.45, 2.75) is 53.8 Å². The quantitative estimate of drug-likeness (QED) is 0.572. The molecule has 0 amide bonds. The van der Waals surface area contributed by atoms with Crippen LogP contribution in [-0.4, -0.2) is 25.8 Å². The summed E-state index contributed by atoms with van der Waals surface area (Å²) in [7, 11) is 0. The maximum atomic E-state index is 9.77. The molecule has 0 aliphatic carbocycles. The number of rotatable bonds is 6. The van der Waals surface area contributed by atoms with Crippen molar-refractivity contribution in [1.29, 1.82) is 0 Å². The van der Waals surface area contributed by atoms with Gasteiger partial charge in [0.25, 0.3) is 0 Å². The van der Waals surface area contributed by atoms with Crippen LogP contribution in [0.4, 0.5) is 0 Å². The fourth-order valence-electron chi connectivity index (χ4n) is 0.876. The van der Waals surface area contributed by atoms with Crippen molar-refractivity contribution in [1.82, 2.24) is 0 Å². The highest BCUT2D eigenvalue weighted by Crippen LogP contribution is 1.92. The Morgan fingerprint density at radius 3 is 1.89 bits per heavy atom. The molecule has 0 aromatic carbocycles. The average molecular weight is 272 g/mol. The predicted octanol–water partition coefficient (Wildman–Crippen LogP) is 4.30. The van der Waals surface area contributed by atoms with Crippen LogP contribution >= 0.6 is 0 Å². The normalized spacial score (nSPS) is 9.16. The summed E-state index contributed by atoms with van der Waals surface area (Å²) in [5, 5.41) is 0. The molecule has 1 aromatic heterocycles. The van der Waals surface area contributed by atoms with E-state index in [2.05, 4.69) is 18.3 Å². The Balaban J connectivity index is 0. The Kier molecular flexibility index (Phi) is 17.9. The van der Waals surface area contributed by atoms with Crippen molar-refractivity contribution >= 4 is 6.29 Å². The van der Waals surface area contributed by atoms with Crippen LogP contribution < -0.4 is 0 Å². The fraction of sp³-hybridized carbons (Fsp3) is 0.667. The third-order valence-electron chi connectivity index (χ3n) is 1.96. The zero-order chi connectivity index (χ0) is 14.9. The van der Waals surface area contributed by atoms with E-state index >= 15 is 0 Å². The highest BCUT2D eigenvalue weighted by Gasteiger charge is 1.94. The number of carbonyl (C=O) groups is 1. The van der Waals surface area contributed by atoms with Gasteiger partial charge in [0.1, 0.15) is 0 Å². The van der Waals surface area contributed by atoms with Gasteiger partial charge in [0.2, 0.25) is 0 Å². The number of unbranched alkanes of at least 4 members (excludes halogenated alkanes) is 1. The van der Waals surface area contributed by atoms with E-state index in [-0.39, 0.29) is 6.29 Å². The van der Waals surface area contributed by atoms with Gasteiger partial charge in [-0.1, -0.05) is 26.7 Å². The number of hydrogen-bond acceptors (Lipinski definition) is 4. The molecule has 1 rings (SSSR count). The summed E-state index contributed by atoms with van der Waals surface area (Å²) in [6.07, 6.45) is 4.73. The van der Waals surface area contributed by atoms with Gasteiger partial charge in [0, 0.05) is 13.2 Å². The van der Waals surface area contributed by atoms with E-state index in [0.29, 0.717) is 12.0 Å². The number of furan rings is 1. The van der Waals surface area contributed by atoms with Crippen molar-refractivity contribution in [3.8, 4) is 0 Å². The van der Waals surface area contributed by atoms with E-state index in [1.807, 2.05) is 20.8 Å². The van der Waals surface area contributed by atoms with E-state index in [4.69, 9.17) is 9.47 Å². The minimum atomic E-state index is -0.0370. The lowest BCUT2D eigenvalue weighted by Crippen LogP contribution is -2.11. The maximum absolute atomic E-state index is 9.77. The molecule has 0 saturated carbocycles. The molecule has 112 valence electrons. The molecule has 1 heterocycles. The molecule has 0 aliphatic rings. The zero-order valence-corrected chi connectivity index (χ0v) is 12.8. The Morgan fingerprint density at radius 2 is 1.68 bits per heavy atom. The molecule has 0 spiro atoms. The van der Waals surface area contributed by atoms with Gasteiger partial charge in [0.15, 0.2) is 18.3 Å². The first-order valence-corrected chi connectivity index (χ1v) is 6.87. The molecule has 0 radical (unpaired) electrons. The van der Waals surface area contributed by atoms with Crippen LogP contribution in [0.25, 0.3) is 0 Å². The first kappa shape index (κ1) is 20.2. The van der Waals surface area contributed by atoms with Crippen LogP contribution in [0.3, 0.4) is 0 Å². The second-order valence-electron chi connectivity index (χ2n) is 3.61. The van der Waals surface area contributed by atoms with Crippen molar-refractivity contribution < 1.29 is 18.7 Å². The Hall–Kier alpha value is -1.13. The molecule has 0 atom stereocenters. The average Bonchev–Trinajstić information content (AvgIpc) is 2.93. The van der Waals surface area contributed by atoms with Crippen molar-refractivity contribution in [2.75, 3.05) is 13.2 Å². The third kappa shape index (κ3) is 16.9. The maximum Gasteiger partial charge on any atom is 0.185 e. The SMILES string of the molecule is CCCC.CCOC(C)OCC.O=Cc1ccco1. The Bertz CT molecular complexity index is 249. The molecule has 0 bridgehead atoms. The molecule has 0 fully saturated rings. The summed E-state index contributed by atoms with van der Waals surface area (Å²) in [5.41, 5.74) is 0. The summed E-state index contributed by atoms with van der Waals surface area (Å²) in [6.45, 7) is 11.6. The van der Waals surface area contributed by atoms with Crippen molar-refractivity contribution in [2.24, 2.45) is 0 Å². The lowest BCUT2D eigenvalue weighted by molar-refractivity contribution is -0.123. The first-order valence-electron chi connectivity index (χ1n) is 6.87. The minimum absolute atomic E-state index is 0.0370. The summed E-state index contributed by atoms with van der Waals surface area (Å²) in [6, 6.07) is 3.27. The Morgan fingerprint density at radius 1 is 1.16 bits per heavy atom. The predicted molar refractivity (Wildman–Crippen MR) is 77.4 cm³/mol. The van der Waals surface area contributed by atoms with Crippen LogP contribution in [-0.2, 0) is 9.47 Å². The third-order valence-corrected chi connectivity index (χ3v) is 1.96. The second kappa shape index (κ2) is 16.9. The molecular formula is C15H28O4. The van der Waals surface area contributed by atoms with Crippen LogP contribution in [0.15, 0.2) is 22.8 Å². The van der Waals surface area contributed by atoms with Crippen LogP contribution in [0, 0.1) is 0 Å². The second-order valence-corrected chi connectivity index (χ2v) is 3.61. The van der Waals surface area contributed by atoms with E-state index in [0.717, 1.165) is 13.2 Å². The monoisotopic (exact) mass is 272 g/mol. The molecular weight excluding hydrogens is 244 g/mol. The summed E-state index contributed by atoms with van der Waals surface area (Å²) in [4.78, 5) is 9.77. The van der Waals surface area contributed by atoms with Gasteiger partial charge in [-0.3, -0.25) is 4.79 Å². The lowest BCUT2D eigenvalue weighted by Gasteiger charge is -2.09. The summed E-state index contributed by atoms with van der Waals surface area (Å²) in [5.74, 6) is 0.375. The van der Waals surface area contributed by atoms with Crippen molar-refractivity contribution in [3.05, 3.63) is 24.2 Å². The highest BCUT2D eigenvalue weighted by molar-refractivity contribution is 5.69. The molecule has 4 heteroatoms. The molecule has 4 nitrogen and oxygen atoms in total. The van der Waals surface area contributed by atoms with E-state index in [9.17, 15) is 4.79 Å². The summed E-state index contributed by atoms with van der Waals surface area (Å²) < 4.78 is 14.7. The first-order chi connectivity index (χ1) is 9.15. The van der Waals surface area contributed by atoms with Gasteiger partial charge in [-0.15, -0.1) is 0 Å². The van der Waals surface area contributed by atoms with E-state index < -0.39 is 0 Å². The van der Waals surface area contributed by atoms with Crippen LogP contribution in [0.5, 0.6) is 0 Å². The van der Waals surface area contributed by atoms with Crippen LogP contribution in [0.2, 0.25) is 0 Å². The van der Waals surface area contributed by atoms with Gasteiger partial charge >= 0.3 is 0 Å². The molecule has 0 saturated heterocycles. The number of hydrogen-bond donors (Lipinski definition) is 0. The molecule has 0 unspecified atom stereocenters. The van der Waals surface area contributed by atoms with E-state index in [1.54, 1.807) is 12.1 Å². The Labute approximate surface area is 117 Å². The standard InChI is InChI=1S/C6H14O2.C5H4O2.C4H10/c1-4-7-6(3)8-5-2;6-4-5-2-1-3-7-5;1-3-4-2/h6H,4-5H2,1-3H3;1-4H;3-4H2,1-2H3. The molecule has 0 N–H and O–H groups in total. The van der Waals surface area contributed by atoms with Gasteiger partial charge in [-0.2, -0.15) is 0 Å². The number of ether oxygens (including phenoxy) is 2. The van der Waals surface area contributed by atoms with Crippen LogP contribution in [0.1, 0.15) is 58.0 Å². The topological polar surface area (TPSA) is 48.7 Å². The lowest BCUT2D eigenvalue weighted by atomic mass is 10.4. The zero-order valence-electron chi connectivity index (χ0n) is 12.8. The molecule has 0 aliphatic heterocycles. The number of aldehydes is 1. The smallest absolute Gasteiger partial charge is 0.185 e. The number of carbonyl (C=O) groups excluding carboxylic acids is 1. The van der Waals surface area contributed by atoms with Gasteiger partial charge < -0.3 is 13.9 Å². The van der Waals surface area contributed by atoms with Crippen molar-refractivity contribution in [3.63, 3.8) is 0 Å². The molecule has 19 heavy (non-hydrogen) atoms. The largest absolute Gasteiger partial charge is 0.462 e.